The van der Waals surface area contributed by atoms with Crippen LogP contribution in [0, 0.1) is 0 Å². The molecule has 1 aromatic heterocycles. The molecule has 2 heterocycles. The molecule has 2 amide bonds. The Bertz CT molecular complexity index is 913. The van der Waals surface area contributed by atoms with Crippen molar-refractivity contribution in [3.8, 4) is 0 Å². The smallest absolute Gasteiger partial charge is 0.314 e. The fourth-order valence-corrected chi connectivity index (χ4v) is 3.19. The third-order valence-electron chi connectivity index (χ3n) is 4.46. The van der Waals surface area contributed by atoms with Crippen molar-refractivity contribution >= 4 is 28.9 Å². The minimum Gasteiger partial charge on any atom is -0.372 e. The van der Waals surface area contributed by atoms with Crippen LogP contribution in [-0.4, -0.2) is 41.7 Å². The second-order valence-electron chi connectivity index (χ2n) is 6.98. The molecule has 0 aliphatic carbocycles. The van der Waals surface area contributed by atoms with Crippen LogP contribution in [-0.2, 0) is 21.4 Å². The first-order valence-electron chi connectivity index (χ1n) is 9.11. The zero-order chi connectivity index (χ0) is 20.3. The number of amides is 2. The normalized spacial score (nSPS) is 19.2. The number of rotatable bonds is 3. The third kappa shape index (κ3) is 4.77. The van der Waals surface area contributed by atoms with Crippen molar-refractivity contribution in [3.05, 3.63) is 52.9 Å². The molecule has 28 heavy (non-hydrogen) atoms. The van der Waals surface area contributed by atoms with E-state index < -0.39 is 11.8 Å². The lowest BCUT2D eigenvalue weighted by Gasteiger charge is -2.36. The number of ether oxygens (including phenoxy) is 1. The van der Waals surface area contributed by atoms with Crippen molar-refractivity contribution in [2.24, 2.45) is 7.05 Å². The van der Waals surface area contributed by atoms with Gasteiger partial charge in [0.1, 0.15) is 0 Å². The van der Waals surface area contributed by atoms with Gasteiger partial charge in [-0.2, -0.15) is 0 Å². The maximum atomic E-state index is 12.1. The Hall–Kier alpha value is -3.13. The standard InChI is InChI=1S/C20H24N4O4/c1-13-10-24(11-14(2)28-13)17-7-4-15(5-8-17)21-19(26)20(27)22-16-6-9-18(25)23(3)12-16/h4-9,12-14H,10-11H2,1-3H3,(H,21,26)(H,22,27). The molecule has 8 heteroatoms. The van der Waals surface area contributed by atoms with Crippen LogP contribution >= 0.6 is 0 Å². The van der Waals surface area contributed by atoms with Crippen molar-refractivity contribution in [1.82, 2.24) is 4.57 Å². The Morgan fingerprint density at radius 2 is 1.46 bits per heavy atom. The van der Waals surface area contributed by atoms with Gasteiger partial charge in [0.05, 0.1) is 17.9 Å². The number of benzene rings is 1. The molecule has 8 nitrogen and oxygen atoms in total. The molecule has 1 aromatic carbocycles. The first-order chi connectivity index (χ1) is 13.3. The van der Waals surface area contributed by atoms with Crippen molar-refractivity contribution in [3.63, 3.8) is 0 Å². The molecule has 0 saturated carbocycles. The van der Waals surface area contributed by atoms with Gasteiger partial charge in [0.25, 0.3) is 0 Å². The number of carbonyl (C=O) groups excluding carboxylic acids is 2. The lowest BCUT2D eigenvalue weighted by atomic mass is 10.2. The molecule has 1 fully saturated rings. The molecule has 2 aromatic rings. The summed E-state index contributed by atoms with van der Waals surface area (Å²) in [5.41, 5.74) is 1.73. The molecule has 0 bridgehead atoms. The quantitative estimate of drug-likeness (QED) is 0.784. The Kier molecular flexibility index (Phi) is 5.79. The van der Waals surface area contributed by atoms with E-state index in [-0.39, 0.29) is 17.8 Å². The third-order valence-corrected chi connectivity index (χ3v) is 4.46. The molecular weight excluding hydrogens is 360 g/mol. The molecule has 0 radical (unpaired) electrons. The summed E-state index contributed by atoms with van der Waals surface area (Å²) in [6, 6.07) is 10.1. The second-order valence-corrected chi connectivity index (χ2v) is 6.98. The lowest BCUT2D eigenvalue weighted by molar-refractivity contribution is -0.133. The SMILES string of the molecule is CC1CN(c2ccc(NC(=O)C(=O)Nc3ccc(=O)n(C)c3)cc2)CC(C)O1. The van der Waals surface area contributed by atoms with Gasteiger partial charge in [-0.05, 0) is 44.2 Å². The average molecular weight is 384 g/mol. The molecule has 1 aliphatic rings. The molecule has 1 aliphatic heterocycles. The van der Waals surface area contributed by atoms with Crippen LogP contribution in [0.2, 0.25) is 0 Å². The molecule has 2 atom stereocenters. The second kappa shape index (κ2) is 8.26. The summed E-state index contributed by atoms with van der Waals surface area (Å²) in [5.74, 6) is -1.59. The highest BCUT2D eigenvalue weighted by atomic mass is 16.5. The van der Waals surface area contributed by atoms with Gasteiger partial charge in [0.15, 0.2) is 0 Å². The summed E-state index contributed by atoms with van der Waals surface area (Å²) >= 11 is 0. The van der Waals surface area contributed by atoms with E-state index >= 15 is 0 Å². The van der Waals surface area contributed by atoms with Crippen LogP contribution in [0.4, 0.5) is 17.1 Å². The van der Waals surface area contributed by atoms with Crippen LogP contribution < -0.4 is 21.1 Å². The molecular formula is C20H24N4O4. The summed E-state index contributed by atoms with van der Waals surface area (Å²) in [6.45, 7) is 5.69. The molecule has 1 saturated heterocycles. The van der Waals surface area contributed by atoms with Crippen molar-refractivity contribution < 1.29 is 14.3 Å². The molecule has 148 valence electrons. The zero-order valence-corrected chi connectivity index (χ0v) is 16.1. The van der Waals surface area contributed by atoms with E-state index in [1.54, 1.807) is 19.2 Å². The minimum atomic E-state index is -0.807. The van der Waals surface area contributed by atoms with Gasteiger partial charge in [-0.3, -0.25) is 14.4 Å². The van der Waals surface area contributed by atoms with E-state index in [2.05, 4.69) is 15.5 Å². The number of anilines is 3. The maximum absolute atomic E-state index is 12.1. The van der Waals surface area contributed by atoms with E-state index in [0.717, 1.165) is 18.8 Å². The number of nitrogens with one attached hydrogen (secondary N) is 2. The highest BCUT2D eigenvalue weighted by Gasteiger charge is 2.22. The Morgan fingerprint density at radius 3 is 2.04 bits per heavy atom. The number of morpholine rings is 1. The van der Waals surface area contributed by atoms with Crippen LogP contribution in [0.3, 0.4) is 0 Å². The summed E-state index contributed by atoms with van der Waals surface area (Å²) in [6.07, 6.45) is 1.76. The van der Waals surface area contributed by atoms with Crippen LogP contribution in [0.5, 0.6) is 0 Å². The Labute approximate surface area is 163 Å². The lowest BCUT2D eigenvalue weighted by Crippen LogP contribution is -2.45. The largest absolute Gasteiger partial charge is 0.372 e. The molecule has 2 unspecified atom stereocenters. The van der Waals surface area contributed by atoms with E-state index in [9.17, 15) is 14.4 Å². The number of pyridine rings is 1. The van der Waals surface area contributed by atoms with Crippen LogP contribution in [0.1, 0.15) is 13.8 Å². The number of aryl methyl sites for hydroxylation is 1. The highest BCUT2D eigenvalue weighted by Crippen LogP contribution is 2.22. The number of hydrogen-bond donors (Lipinski definition) is 2. The fraction of sp³-hybridized carbons (Fsp3) is 0.350. The summed E-state index contributed by atoms with van der Waals surface area (Å²) in [7, 11) is 1.57. The minimum absolute atomic E-state index is 0.157. The monoisotopic (exact) mass is 384 g/mol. The van der Waals surface area contributed by atoms with E-state index in [0.29, 0.717) is 11.4 Å². The van der Waals surface area contributed by atoms with Crippen LogP contribution in [0.15, 0.2) is 47.4 Å². The highest BCUT2D eigenvalue weighted by molar-refractivity contribution is 6.43. The predicted octanol–water partition coefficient (Wildman–Crippen LogP) is 1.58. The Balaban J connectivity index is 1.60. The Morgan fingerprint density at radius 1 is 0.929 bits per heavy atom. The average Bonchev–Trinajstić information content (AvgIpc) is 2.64. The predicted molar refractivity (Wildman–Crippen MR) is 108 cm³/mol. The molecule has 0 spiro atoms. The molecule has 3 rings (SSSR count). The summed E-state index contributed by atoms with van der Waals surface area (Å²) in [4.78, 5) is 37.8. The first-order valence-corrected chi connectivity index (χ1v) is 9.11. The van der Waals surface area contributed by atoms with E-state index in [1.807, 2.05) is 26.0 Å². The first kappa shape index (κ1) is 19.6. The zero-order valence-electron chi connectivity index (χ0n) is 16.1. The topological polar surface area (TPSA) is 92.7 Å². The van der Waals surface area contributed by atoms with E-state index in [4.69, 9.17) is 4.74 Å². The number of aromatic nitrogens is 1. The van der Waals surface area contributed by atoms with Gasteiger partial charge in [-0.15, -0.1) is 0 Å². The van der Waals surface area contributed by atoms with Gasteiger partial charge in [-0.25, -0.2) is 0 Å². The van der Waals surface area contributed by atoms with Gasteiger partial charge < -0.3 is 24.8 Å². The van der Waals surface area contributed by atoms with Gasteiger partial charge in [-0.1, -0.05) is 0 Å². The number of hydrogen-bond acceptors (Lipinski definition) is 5. The fourth-order valence-electron chi connectivity index (χ4n) is 3.19. The van der Waals surface area contributed by atoms with Gasteiger partial charge in [0, 0.05) is 43.8 Å². The summed E-state index contributed by atoms with van der Waals surface area (Å²) < 4.78 is 7.06. The maximum Gasteiger partial charge on any atom is 0.314 e. The van der Waals surface area contributed by atoms with E-state index in [1.165, 1.54) is 22.9 Å². The van der Waals surface area contributed by atoms with Crippen molar-refractivity contribution in [1.29, 1.82) is 0 Å². The van der Waals surface area contributed by atoms with Gasteiger partial charge >= 0.3 is 11.8 Å². The summed E-state index contributed by atoms with van der Waals surface area (Å²) in [5, 5.41) is 5.04. The van der Waals surface area contributed by atoms with Crippen molar-refractivity contribution in [2.45, 2.75) is 26.1 Å². The van der Waals surface area contributed by atoms with Crippen LogP contribution in [0.25, 0.3) is 0 Å². The van der Waals surface area contributed by atoms with Gasteiger partial charge in [0.2, 0.25) is 5.56 Å². The van der Waals surface area contributed by atoms with Crippen molar-refractivity contribution in [2.75, 3.05) is 28.6 Å². The number of nitrogens with zero attached hydrogens (tertiary/aromatic N) is 2. The molecule has 2 N–H and O–H groups in total. The number of carbonyl (C=O) groups is 2.